The summed E-state index contributed by atoms with van der Waals surface area (Å²) >= 11 is 0. The lowest BCUT2D eigenvalue weighted by Crippen LogP contribution is -2.38. The lowest BCUT2D eigenvalue weighted by molar-refractivity contribution is -0.108. The number of carbonyl (C=O) groups is 1. The summed E-state index contributed by atoms with van der Waals surface area (Å²) in [5.41, 5.74) is 0. The molecule has 1 atom stereocenters. The standard InChI is InChI=1S/C9H16NO/c1-8(7-11)10-9-5-3-2-4-6-9/h7-10H,1-6H2. The van der Waals surface area contributed by atoms with E-state index in [-0.39, 0.29) is 6.04 Å². The summed E-state index contributed by atoms with van der Waals surface area (Å²) in [6.07, 6.45) is 7.22. The summed E-state index contributed by atoms with van der Waals surface area (Å²) < 4.78 is 0. The van der Waals surface area contributed by atoms with Crippen molar-refractivity contribution in [3.63, 3.8) is 0 Å². The van der Waals surface area contributed by atoms with Gasteiger partial charge in [0.05, 0.1) is 6.04 Å². The van der Waals surface area contributed by atoms with Gasteiger partial charge in [-0.2, -0.15) is 0 Å². The molecule has 1 N–H and O–H groups in total. The van der Waals surface area contributed by atoms with Crippen LogP contribution in [-0.2, 0) is 4.79 Å². The van der Waals surface area contributed by atoms with Gasteiger partial charge in [0.15, 0.2) is 0 Å². The predicted octanol–water partition coefficient (Wildman–Crippen LogP) is 1.31. The zero-order valence-corrected chi connectivity index (χ0v) is 6.88. The van der Waals surface area contributed by atoms with E-state index in [1.165, 1.54) is 32.1 Å². The molecule has 1 aliphatic rings. The second-order valence-corrected chi connectivity index (χ2v) is 3.24. The Kier molecular flexibility index (Phi) is 3.57. The van der Waals surface area contributed by atoms with Crippen LogP contribution < -0.4 is 5.32 Å². The minimum Gasteiger partial charge on any atom is -0.305 e. The van der Waals surface area contributed by atoms with E-state index in [0.717, 1.165) is 6.29 Å². The van der Waals surface area contributed by atoms with Gasteiger partial charge in [-0.15, -0.1) is 0 Å². The molecule has 2 heteroatoms. The van der Waals surface area contributed by atoms with Gasteiger partial charge in [-0.3, -0.25) is 0 Å². The maximum atomic E-state index is 10.3. The highest BCUT2D eigenvalue weighted by Crippen LogP contribution is 2.17. The molecule has 0 aromatic carbocycles. The lowest BCUT2D eigenvalue weighted by atomic mass is 9.95. The second kappa shape index (κ2) is 4.50. The van der Waals surface area contributed by atoms with Crippen molar-refractivity contribution < 1.29 is 4.79 Å². The Bertz CT molecular complexity index is 119. The molecule has 0 amide bonds. The Morgan fingerprint density at radius 2 is 2.00 bits per heavy atom. The maximum Gasteiger partial charge on any atom is 0.136 e. The SMILES string of the molecule is [CH2]C(C=O)NC1CCCCC1. The molecule has 2 nitrogen and oxygen atoms in total. The molecule has 11 heavy (non-hydrogen) atoms. The fourth-order valence-corrected chi connectivity index (χ4v) is 1.61. The van der Waals surface area contributed by atoms with E-state index in [9.17, 15) is 4.79 Å². The number of rotatable bonds is 3. The number of carbonyl (C=O) groups excluding carboxylic acids is 1. The first kappa shape index (κ1) is 8.72. The highest BCUT2D eigenvalue weighted by atomic mass is 16.1. The molecule has 0 spiro atoms. The van der Waals surface area contributed by atoms with Crippen molar-refractivity contribution in [2.45, 2.75) is 44.2 Å². The molecule has 0 aromatic heterocycles. The average molecular weight is 154 g/mol. The van der Waals surface area contributed by atoms with Gasteiger partial charge in [0, 0.05) is 6.04 Å². The first-order chi connectivity index (χ1) is 5.33. The van der Waals surface area contributed by atoms with Gasteiger partial charge in [-0.1, -0.05) is 19.3 Å². The van der Waals surface area contributed by atoms with E-state index in [4.69, 9.17) is 0 Å². The van der Waals surface area contributed by atoms with E-state index in [1.54, 1.807) is 0 Å². The summed E-state index contributed by atoms with van der Waals surface area (Å²) in [5, 5.41) is 3.19. The van der Waals surface area contributed by atoms with Gasteiger partial charge in [-0.05, 0) is 19.8 Å². The number of nitrogens with one attached hydrogen (secondary N) is 1. The Hall–Kier alpha value is -0.370. The largest absolute Gasteiger partial charge is 0.305 e. The molecule has 1 saturated carbocycles. The lowest BCUT2D eigenvalue weighted by Gasteiger charge is -2.24. The van der Waals surface area contributed by atoms with E-state index < -0.39 is 0 Å². The predicted molar refractivity (Wildman–Crippen MR) is 45.2 cm³/mol. The van der Waals surface area contributed by atoms with Crippen molar-refractivity contribution in [2.75, 3.05) is 0 Å². The first-order valence-corrected chi connectivity index (χ1v) is 4.37. The fourth-order valence-electron chi connectivity index (χ4n) is 1.61. The summed E-state index contributed by atoms with van der Waals surface area (Å²) in [5.74, 6) is 0. The monoisotopic (exact) mass is 154 g/mol. The Morgan fingerprint density at radius 3 is 2.55 bits per heavy atom. The van der Waals surface area contributed by atoms with Gasteiger partial charge in [-0.25, -0.2) is 0 Å². The zero-order chi connectivity index (χ0) is 8.10. The number of hydrogen-bond acceptors (Lipinski definition) is 2. The average Bonchev–Trinajstić information content (AvgIpc) is 2.06. The normalized spacial score (nSPS) is 23.0. The van der Waals surface area contributed by atoms with E-state index in [1.807, 2.05) is 0 Å². The third-order valence-electron chi connectivity index (χ3n) is 2.22. The molecule has 0 bridgehead atoms. The molecular formula is C9H16NO. The molecule has 1 unspecified atom stereocenters. The van der Waals surface area contributed by atoms with Crippen LogP contribution in [-0.4, -0.2) is 18.4 Å². The Morgan fingerprint density at radius 1 is 1.36 bits per heavy atom. The molecule has 63 valence electrons. The van der Waals surface area contributed by atoms with Crippen LogP contribution in [0, 0.1) is 6.92 Å². The summed E-state index contributed by atoms with van der Waals surface area (Å²) in [6, 6.07) is 0.328. The van der Waals surface area contributed by atoms with E-state index in [0.29, 0.717) is 6.04 Å². The molecule has 1 rings (SSSR count). The van der Waals surface area contributed by atoms with Crippen molar-refractivity contribution in [1.82, 2.24) is 5.32 Å². The van der Waals surface area contributed by atoms with Crippen molar-refractivity contribution in [3.8, 4) is 0 Å². The van der Waals surface area contributed by atoms with E-state index >= 15 is 0 Å². The van der Waals surface area contributed by atoms with Crippen LogP contribution in [0.3, 0.4) is 0 Å². The van der Waals surface area contributed by atoms with Gasteiger partial charge in [0.2, 0.25) is 0 Å². The third kappa shape index (κ3) is 3.02. The molecule has 0 heterocycles. The summed E-state index contributed by atoms with van der Waals surface area (Å²) in [4.78, 5) is 10.3. The molecule has 0 aromatic rings. The smallest absolute Gasteiger partial charge is 0.136 e. The molecule has 1 radical (unpaired) electrons. The first-order valence-electron chi connectivity index (χ1n) is 4.37. The van der Waals surface area contributed by atoms with Gasteiger partial charge in [0.1, 0.15) is 6.29 Å². The second-order valence-electron chi connectivity index (χ2n) is 3.24. The van der Waals surface area contributed by atoms with Crippen LogP contribution in [0.1, 0.15) is 32.1 Å². The van der Waals surface area contributed by atoms with Crippen LogP contribution >= 0.6 is 0 Å². The third-order valence-corrected chi connectivity index (χ3v) is 2.22. The molecule has 1 fully saturated rings. The minimum atomic E-state index is -0.210. The van der Waals surface area contributed by atoms with Crippen LogP contribution in [0.2, 0.25) is 0 Å². The van der Waals surface area contributed by atoms with E-state index in [2.05, 4.69) is 12.2 Å². The molecular weight excluding hydrogens is 138 g/mol. The minimum absolute atomic E-state index is 0.210. The topological polar surface area (TPSA) is 29.1 Å². The van der Waals surface area contributed by atoms with Crippen molar-refractivity contribution >= 4 is 6.29 Å². The number of aldehydes is 1. The van der Waals surface area contributed by atoms with Gasteiger partial charge in [0.25, 0.3) is 0 Å². The fraction of sp³-hybridized carbons (Fsp3) is 0.778. The van der Waals surface area contributed by atoms with Crippen molar-refractivity contribution in [2.24, 2.45) is 0 Å². The van der Waals surface area contributed by atoms with Crippen LogP contribution in [0.5, 0.6) is 0 Å². The Labute approximate surface area is 68.4 Å². The number of hydrogen-bond donors (Lipinski definition) is 1. The highest BCUT2D eigenvalue weighted by Gasteiger charge is 2.14. The summed E-state index contributed by atoms with van der Waals surface area (Å²) in [6.45, 7) is 3.67. The zero-order valence-electron chi connectivity index (χ0n) is 6.88. The molecule has 1 aliphatic carbocycles. The molecule has 0 saturated heterocycles. The summed E-state index contributed by atoms with van der Waals surface area (Å²) in [7, 11) is 0. The van der Waals surface area contributed by atoms with Crippen LogP contribution in [0.25, 0.3) is 0 Å². The quantitative estimate of drug-likeness (QED) is 0.621. The molecule has 0 aliphatic heterocycles. The van der Waals surface area contributed by atoms with Crippen LogP contribution in [0.15, 0.2) is 0 Å². The highest BCUT2D eigenvalue weighted by molar-refractivity contribution is 5.58. The van der Waals surface area contributed by atoms with Crippen LogP contribution in [0.4, 0.5) is 0 Å². The maximum absolute atomic E-state index is 10.3. The van der Waals surface area contributed by atoms with Crippen molar-refractivity contribution in [3.05, 3.63) is 6.92 Å². The van der Waals surface area contributed by atoms with Gasteiger partial charge >= 0.3 is 0 Å². The van der Waals surface area contributed by atoms with Crippen molar-refractivity contribution in [1.29, 1.82) is 0 Å². The van der Waals surface area contributed by atoms with Gasteiger partial charge < -0.3 is 10.1 Å². The Balaban J connectivity index is 2.18.